The number of ether oxygens (including phenoxy) is 1. The molecule has 1 heterocycles. The third kappa shape index (κ3) is 6.26. The summed E-state index contributed by atoms with van der Waals surface area (Å²) in [5, 5.41) is 10.2. The van der Waals surface area contributed by atoms with Crippen LogP contribution in [-0.2, 0) is 21.9 Å². The lowest BCUT2D eigenvalue weighted by molar-refractivity contribution is -0.143. The maximum Gasteiger partial charge on any atom is 0.416 e. The maximum absolute atomic E-state index is 14.1. The van der Waals surface area contributed by atoms with Gasteiger partial charge in [-0.3, -0.25) is 4.79 Å². The monoisotopic (exact) mass is 587 g/mol. The Morgan fingerprint density at radius 3 is 2.27 bits per heavy atom. The van der Waals surface area contributed by atoms with Gasteiger partial charge < -0.3 is 14.7 Å². The topological polar surface area (TPSA) is 49.8 Å². The van der Waals surface area contributed by atoms with Crippen LogP contribution in [0, 0.1) is 29.6 Å². The van der Waals surface area contributed by atoms with Crippen LogP contribution >= 0.6 is 0 Å². The molecule has 4 nitrogen and oxygen atoms in total. The van der Waals surface area contributed by atoms with Crippen molar-refractivity contribution in [1.82, 2.24) is 4.90 Å². The molecule has 3 aliphatic carbocycles. The average molecular weight is 588 g/mol. The fraction of sp³-hybridized carbons (Fsp3) is 0.567. The second kappa shape index (κ2) is 11.2. The molecule has 1 saturated heterocycles. The SMILES string of the molecule is CC1C=C(F)C=CC1[C@H]1[C@@H]2CN(C3=CC(=O)CC3)C[C@H]2CC[C@@H]1O[C@@H](CO)c1cc(C(F)(F)F)cc(C(F)(F)F)c1. The lowest BCUT2D eigenvalue weighted by Crippen LogP contribution is -2.45. The number of aliphatic hydroxyl groups excluding tert-OH is 1. The molecular formula is C30H32F7NO3. The minimum Gasteiger partial charge on any atom is -0.393 e. The first-order chi connectivity index (χ1) is 19.2. The Hall–Kier alpha value is -2.66. The van der Waals surface area contributed by atoms with Crippen molar-refractivity contribution in [2.75, 3.05) is 19.7 Å². The minimum absolute atomic E-state index is 0.0311. The van der Waals surface area contributed by atoms with E-state index in [0.29, 0.717) is 44.4 Å². The molecule has 1 saturated carbocycles. The number of carbonyl (C=O) groups is 1. The van der Waals surface area contributed by atoms with Crippen molar-refractivity contribution in [3.8, 4) is 0 Å². The fourth-order valence-corrected chi connectivity index (χ4v) is 7.12. The Morgan fingerprint density at radius 1 is 1.02 bits per heavy atom. The van der Waals surface area contributed by atoms with E-state index in [1.807, 2.05) is 6.92 Å². The molecule has 2 fully saturated rings. The van der Waals surface area contributed by atoms with E-state index in [2.05, 4.69) is 4.90 Å². The molecule has 0 spiro atoms. The highest BCUT2D eigenvalue weighted by molar-refractivity contribution is 5.92. The average Bonchev–Trinajstić information content (AvgIpc) is 3.52. The molecule has 7 atom stereocenters. The standard InChI is InChI=1S/C30H32F7NO3/c1-16-8-21(31)3-6-24(16)28-25-14-38(22-4-5-23(40)12-22)13-17(25)2-7-26(28)41-27(15-39)18-9-19(29(32,33)34)11-20(10-18)30(35,36)37/h3,6,8-12,16-17,24-28,39H,2,4-5,7,13-15H2,1H3/t16?,17-,24?,25-,26+,27+,28+/m1/s1. The first kappa shape index (κ1) is 29.8. The second-order valence-electron chi connectivity index (χ2n) is 11.6. The normalized spacial score (nSPS) is 31.2. The zero-order valence-corrected chi connectivity index (χ0v) is 22.4. The summed E-state index contributed by atoms with van der Waals surface area (Å²) in [7, 11) is 0. The molecule has 1 aromatic carbocycles. The zero-order valence-electron chi connectivity index (χ0n) is 22.4. The first-order valence-corrected chi connectivity index (χ1v) is 13.8. The maximum atomic E-state index is 14.1. The lowest BCUT2D eigenvalue weighted by atomic mass is 9.63. The van der Waals surface area contributed by atoms with Gasteiger partial charge in [0.2, 0.25) is 0 Å². The summed E-state index contributed by atoms with van der Waals surface area (Å²) in [6.07, 6.45) is -3.50. The number of carbonyl (C=O) groups excluding carboxylic acids is 1. The van der Waals surface area contributed by atoms with Gasteiger partial charge in [-0.1, -0.05) is 13.0 Å². The van der Waals surface area contributed by atoms with E-state index in [0.717, 1.165) is 12.2 Å². The number of alkyl halides is 6. The van der Waals surface area contributed by atoms with E-state index in [9.17, 15) is 40.6 Å². The van der Waals surface area contributed by atoms with Gasteiger partial charge in [0.05, 0.1) is 23.8 Å². The van der Waals surface area contributed by atoms with Crippen molar-refractivity contribution < 1.29 is 45.4 Å². The van der Waals surface area contributed by atoms with Gasteiger partial charge in [0.15, 0.2) is 5.78 Å². The van der Waals surface area contributed by atoms with Gasteiger partial charge in [0.1, 0.15) is 11.9 Å². The zero-order chi connectivity index (χ0) is 29.7. The van der Waals surface area contributed by atoms with Gasteiger partial charge in [0.25, 0.3) is 0 Å². The van der Waals surface area contributed by atoms with Gasteiger partial charge >= 0.3 is 12.4 Å². The number of fused-ring (bicyclic) bond motifs is 1. The van der Waals surface area contributed by atoms with Gasteiger partial charge in [0, 0.05) is 31.3 Å². The van der Waals surface area contributed by atoms with Crippen molar-refractivity contribution >= 4 is 5.78 Å². The van der Waals surface area contributed by atoms with E-state index in [4.69, 9.17) is 4.74 Å². The number of benzene rings is 1. The van der Waals surface area contributed by atoms with Crippen molar-refractivity contribution in [3.63, 3.8) is 0 Å². The number of allylic oxidation sites excluding steroid dienone is 6. The third-order valence-corrected chi connectivity index (χ3v) is 9.04. The minimum atomic E-state index is -5.03. The van der Waals surface area contributed by atoms with Crippen LogP contribution in [0.15, 0.2) is 54.0 Å². The van der Waals surface area contributed by atoms with Crippen molar-refractivity contribution in [2.24, 2.45) is 29.6 Å². The Labute approximate surface area is 233 Å². The molecular weight excluding hydrogens is 555 g/mol. The highest BCUT2D eigenvalue weighted by Crippen LogP contribution is 2.50. The van der Waals surface area contributed by atoms with E-state index < -0.39 is 47.9 Å². The number of hydrogen-bond acceptors (Lipinski definition) is 4. The summed E-state index contributed by atoms with van der Waals surface area (Å²) in [6.45, 7) is 2.39. The number of hydrogen-bond donors (Lipinski definition) is 1. The van der Waals surface area contributed by atoms with Gasteiger partial charge in [-0.25, -0.2) is 4.39 Å². The first-order valence-electron chi connectivity index (χ1n) is 13.8. The summed E-state index contributed by atoms with van der Waals surface area (Å²) in [5.74, 6) is -0.712. The van der Waals surface area contributed by atoms with Gasteiger partial charge in [-0.05, 0) is 84.8 Å². The van der Waals surface area contributed by atoms with Crippen LogP contribution in [0.3, 0.4) is 0 Å². The van der Waals surface area contributed by atoms with Gasteiger partial charge in [-0.2, -0.15) is 26.3 Å². The second-order valence-corrected chi connectivity index (χ2v) is 11.6. The quantitative estimate of drug-likeness (QED) is 0.364. The number of halogens is 7. The Balaban J connectivity index is 1.47. The molecule has 2 unspecified atom stereocenters. The number of likely N-dealkylation sites (tertiary alicyclic amines) is 1. The number of aliphatic hydroxyl groups is 1. The number of ketones is 1. The van der Waals surface area contributed by atoms with Crippen LogP contribution in [0.25, 0.3) is 0 Å². The van der Waals surface area contributed by atoms with Crippen LogP contribution < -0.4 is 0 Å². The number of rotatable bonds is 6. The molecule has 5 rings (SSSR count). The van der Waals surface area contributed by atoms with E-state index in [1.165, 1.54) is 12.2 Å². The molecule has 4 aliphatic rings. The molecule has 0 aromatic heterocycles. The Kier molecular flexibility index (Phi) is 8.15. The Bertz CT molecular complexity index is 1220. The molecule has 1 aliphatic heterocycles. The predicted molar refractivity (Wildman–Crippen MR) is 136 cm³/mol. The van der Waals surface area contributed by atoms with E-state index in [-0.39, 0.29) is 47.3 Å². The van der Waals surface area contributed by atoms with Crippen LogP contribution in [-0.4, -0.2) is 41.6 Å². The van der Waals surface area contributed by atoms with Crippen LogP contribution in [0.1, 0.15) is 55.4 Å². The van der Waals surface area contributed by atoms with Crippen LogP contribution in [0.4, 0.5) is 30.7 Å². The molecule has 0 radical (unpaired) electrons. The van der Waals surface area contributed by atoms with Crippen LogP contribution in [0.5, 0.6) is 0 Å². The van der Waals surface area contributed by atoms with Crippen molar-refractivity contribution in [3.05, 3.63) is 70.7 Å². The molecule has 11 heteroatoms. The Morgan fingerprint density at radius 2 is 1.71 bits per heavy atom. The molecule has 41 heavy (non-hydrogen) atoms. The number of nitrogens with zero attached hydrogens (tertiary/aromatic N) is 1. The molecule has 1 N–H and O–H groups in total. The van der Waals surface area contributed by atoms with Crippen molar-refractivity contribution in [1.29, 1.82) is 0 Å². The largest absolute Gasteiger partial charge is 0.416 e. The fourth-order valence-electron chi connectivity index (χ4n) is 7.12. The smallest absolute Gasteiger partial charge is 0.393 e. The summed E-state index contributed by atoms with van der Waals surface area (Å²) in [6, 6.07) is 1.24. The lowest BCUT2D eigenvalue weighted by Gasteiger charge is -2.45. The molecule has 1 aromatic rings. The summed E-state index contributed by atoms with van der Waals surface area (Å²) in [4.78, 5) is 14.1. The van der Waals surface area contributed by atoms with Gasteiger partial charge in [-0.15, -0.1) is 0 Å². The predicted octanol–water partition coefficient (Wildman–Crippen LogP) is 7.02. The third-order valence-electron chi connectivity index (χ3n) is 9.04. The van der Waals surface area contributed by atoms with E-state index in [1.54, 1.807) is 12.2 Å². The van der Waals surface area contributed by atoms with E-state index >= 15 is 0 Å². The summed E-state index contributed by atoms with van der Waals surface area (Å²) < 4.78 is 102. The summed E-state index contributed by atoms with van der Waals surface area (Å²) >= 11 is 0. The highest BCUT2D eigenvalue weighted by atomic mass is 19.4. The molecule has 0 bridgehead atoms. The van der Waals surface area contributed by atoms with Crippen LogP contribution in [0.2, 0.25) is 0 Å². The van der Waals surface area contributed by atoms with Crippen molar-refractivity contribution in [2.45, 2.75) is 57.2 Å². The molecule has 0 amide bonds. The molecule has 224 valence electrons. The summed E-state index contributed by atoms with van der Waals surface area (Å²) in [5.41, 5.74) is -2.38. The highest BCUT2D eigenvalue weighted by Gasteiger charge is 2.50.